The average Bonchev–Trinajstić information content (AvgIpc) is 2.18. The maximum Gasteiger partial charge on any atom is -0.0164 e. The Morgan fingerprint density at radius 3 is 2.57 bits per heavy atom. The predicted octanol–water partition coefficient (Wildman–Crippen LogP) is 4.65. The molecule has 0 aromatic rings. The van der Waals surface area contributed by atoms with Gasteiger partial charge in [-0.05, 0) is 52.4 Å². The molecule has 0 aromatic heterocycles. The summed E-state index contributed by atoms with van der Waals surface area (Å²) in [4.78, 5) is 0. The van der Waals surface area contributed by atoms with Crippen LogP contribution in [0.5, 0.6) is 0 Å². The quantitative estimate of drug-likeness (QED) is 0.568. The Labute approximate surface area is 88.4 Å². The van der Waals surface area contributed by atoms with Crippen LogP contribution in [0.15, 0.2) is 35.5 Å². The first kappa shape index (κ1) is 11.3. The highest BCUT2D eigenvalue weighted by atomic mass is 14.2. The lowest BCUT2D eigenvalue weighted by molar-refractivity contribution is 0.551. The second-order valence-corrected chi connectivity index (χ2v) is 4.45. The van der Waals surface area contributed by atoms with Crippen molar-refractivity contribution in [3.05, 3.63) is 35.5 Å². The minimum absolute atomic E-state index is 0.811. The van der Waals surface area contributed by atoms with Crippen LogP contribution >= 0.6 is 0 Å². The van der Waals surface area contributed by atoms with Gasteiger partial charge >= 0.3 is 0 Å². The van der Waals surface area contributed by atoms with Gasteiger partial charge in [0.15, 0.2) is 0 Å². The van der Waals surface area contributed by atoms with E-state index >= 15 is 0 Å². The van der Waals surface area contributed by atoms with Crippen molar-refractivity contribution in [2.45, 2.75) is 46.5 Å². The molecule has 0 radical (unpaired) electrons. The minimum Gasteiger partial charge on any atom is -0.0885 e. The van der Waals surface area contributed by atoms with Crippen LogP contribution in [0, 0.1) is 5.92 Å². The van der Waals surface area contributed by atoms with E-state index in [0.29, 0.717) is 0 Å². The molecule has 1 aliphatic carbocycles. The summed E-state index contributed by atoms with van der Waals surface area (Å²) in [5.41, 5.74) is 2.99. The van der Waals surface area contributed by atoms with Crippen molar-refractivity contribution >= 4 is 0 Å². The zero-order chi connectivity index (χ0) is 10.4. The van der Waals surface area contributed by atoms with Crippen molar-refractivity contribution in [2.75, 3.05) is 0 Å². The van der Waals surface area contributed by atoms with Gasteiger partial charge < -0.3 is 0 Å². The summed E-state index contributed by atoms with van der Waals surface area (Å²) < 4.78 is 0. The number of hydrogen-bond donors (Lipinski definition) is 0. The van der Waals surface area contributed by atoms with Crippen LogP contribution in [0.3, 0.4) is 0 Å². The molecule has 0 unspecified atom stereocenters. The van der Waals surface area contributed by atoms with E-state index in [2.05, 4.69) is 45.1 Å². The molecule has 1 aliphatic rings. The summed E-state index contributed by atoms with van der Waals surface area (Å²) in [5.74, 6) is 0.811. The molecule has 0 amide bonds. The molecule has 0 heterocycles. The van der Waals surface area contributed by atoms with Gasteiger partial charge in [-0.3, -0.25) is 0 Å². The van der Waals surface area contributed by atoms with Gasteiger partial charge in [-0.1, -0.05) is 35.5 Å². The van der Waals surface area contributed by atoms with Gasteiger partial charge in [0.05, 0.1) is 0 Å². The van der Waals surface area contributed by atoms with E-state index in [9.17, 15) is 0 Å². The fourth-order valence-corrected chi connectivity index (χ4v) is 1.85. The lowest BCUT2D eigenvalue weighted by atomic mass is 9.88. The highest BCUT2D eigenvalue weighted by molar-refractivity contribution is 5.11. The Bertz CT molecular complexity index is 249. The molecule has 0 nitrogen and oxygen atoms in total. The molecule has 14 heavy (non-hydrogen) atoms. The zero-order valence-corrected chi connectivity index (χ0v) is 9.72. The SMILES string of the molecule is CC(C)=CC/C=C(\C)[C@H]1CC=CCC1. The summed E-state index contributed by atoms with van der Waals surface area (Å²) in [6.45, 7) is 6.60. The average molecular weight is 190 g/mol. The van der Waals surface area contributed by atoms with Gasteiger partial charge in [0.2, 0.25) is 0 Å². The maximum absolute atomic E-state index is 2.39. The first-order valence-corrected chi connectivity index (χ1v) is 5.65. The molecule has 0 saturated heterocycles. The number of hydrogen-bond acceptors (Lipinski definition) is 0. The van der Waals surface area contributed by atoms with Crippen molar-refractivity contribution in [2.24, 2.45) is 5.92 Å². The fraction of sp³-hybridized carbons (Fsp3) is 0.571. The van der Waals surface area contributed by atoms with Crippen LogP contribution in [0.25, 0.3) is 0 Å². The van der Waals surface area contributed by atoms with Crippen LogP contribution in [-0.2, 0) is 0 Å². The first-order chi connectivity index (χ1) is 6.70. The predicted molar refractivity (Wildman–Crippen MR) is 64.3 cm³/mol. The molecule has 0 aliphatic heterocycles. The van der Waals surface area contributed by atoms with Crippen LogP contribution in [0.4, 0.5) is 0 Å². The van der Waals surface area contributed by atoms with Gasteiger partial charge in [-0.15, -0.1) is 0 Å². The third kappa shape index (κ3) is 3.95. The zero-order valence-electron chi connectivity index (χ0n) is 9.72. The lowest BCUT2D eigenvalue weighted by Crippen LogP contribution is -2.03. The van der Waals surface area contributed by atoms with Gasteiger partial charge in [-0.2, -0.15) is 0 Å². The standard InChI is InChI=1S/C14H22/c1-12(2)8-7-9-13(3)14-10-5-4-6-11-14/h4-5,8-9,14H,6-7,10-11H2,1-3H3/b13-9+/t14-/m0/s1. The van der Waals surface area contributed by atoms with E-state index in [1.54, 1.807) is 5.57 Å². The highest BCUT2D eigenvalue weighted by Gasteiger charge is 2.10. The smallest absolute Gasteiger partial charge is 0.0164 e. The van der Waals surface area contributed by atoms with Crippen LogP contribution in [0.2, 0.25) is 0 Å². The molecular weight excluding hydrogens is 168 g/mol. The molecule has 1 atom stereocenters. The molecule has 0 bridgehead atoms. The molecule has 0 saturated carbocycles. The van der Waals surface area contributed by atoms with E-state index in [0.717, 1.165) is 12.3 Å². The third-order valence-electron chi connectivity index (χ3n) is 2.88. The third-order valence-corrected chi connectivity index (χ3v) is 2.88. The fourth-order valence-electron chi connectivity index (χ4n) is 1.85. The second-order valence-electron chi connectivity index (χ2n) is 4.45. The summed E-state index contributed by atoms with van der Waals surface area (Å²) >= 11 is 0. The Kier molecular flexibility index (Phi) is 4.72. The van der Waals surface area contributed by atoms with Gasteiger partial charge in [-0.25, -0.2) is 0 Å². The molecular formula is C14H22. The van der Waals surface area contributed by atoms with E-state index in [1.165, 1.54) is 24.8 Å². The van der Waals surface area contributed by atoms with Crippen molar-refractivity contribution in [1.29, 1.82) is 0 Å². The molecule has 0 heteroatoms. The molecule has 1 rings (SSSR count). The highest BCUT2D eigenvalue weighted by Crippen LogP contribution is 2.25. The molecule has 78 valence electrons. The van der Waals surface area contributed by atoms with Crippen molar-refractivity contribution in [3.63, 3.8) is 0 Å². The number of rotatable bonds is 3. The lowest BCUT2D eigenvalue weighted by Gasteiger charge is -2.18. The van der Waals surface area contributed by atoms with Crippen molar-refractivity contribution < 1.29 is 0 Å². The molecule has 0 fully saturated rings. The Morgan fingerprint density at radius 2 is 2.00 bits per heavy atom. The first-order valence-electron chi connectivity index (χ1n) is 5.65. The summed E-state index contributed by atoms with van der Waals surface area (Å²) in [5, 5.41) is 0. The normalized spacial score (nSPS) is 22.2. The topological polar surface area (TPSA) is 0 Å². The van der Waals surface area contributed by atoms with Crippen LogP contribution in [-0.4, -0.2) is 0 Å². The largest absolute Gasteiger partial charge is 0.0885 e. The Hall–Kier alpha value is -0.780. The summed E-state index contributed by atoms with van der Waals surface area (Å²) in [6.07, 6.45) is 14.3. The summed E-state index contributed by atoms with van der Waals surface area (Å²) in [6, 6.07) is 0. The second kappa shape index (κ2) is 5.85. The van der Waals surface area contributed by atoms with Crippen molar-refractivity contribution in [1.82, 2.24) is 0 Å². The Morgan fingerprint density at radius 1 is 1.21 bits per heavy atom. The molecule has 0 aromatic carbocycles. The van der Waals surface area contributed by atoms with E-state index in [4.69, 9.17) is 0 Å². The van der Waals surface area contributed by atoms with Crippen LogP contribution < -0.4 is 0 Å². The summed E-state index contributed by atoms with van der Waals surface area (Å²) in [7, 11) is 0. The molecule has 0 N–H and O–H groups in total. The van der Waals surface area contributed by atoms with E-state index in [-0.39, 0.29) is 0 Å². The van der Waals surface area contributed by atoms with Gasteiger partial charge in [0.1, 0.15) is 0 Å². The van der Waals surface area contributed by atoms with Gasteiger partial charge in [0.25, 0.3) is 0 Å². The minimum atomic E-state index is 0.811. The van der Waals surface area contributed by atoms with Crippen molar-refractivity contribution in [3.8, 4) is 0 Å². The Balaban J connectivity index is 2.43. The van der Waals surface area contributed by atoms with Crippen LogP contribution in [0.1, 0.15) is 46.5 Å². The van der Waals surface area contributed by atoms with Gasteiger partial charge in [0, 0.05) is 0 Å². The molecule has 0 spiro atoms. The maximum atomic E-state index is 2.39. The van der Waals surface area contributed by atoms with E-state index < -0.39 is 0 Å². The monoisotopic (exact) mass is 190 g/mol. The number of allylic oxidation sites excluding steroid dienone is 6. The van der Waals surface area contributed by atoms with E-state index in [1.807, 2.05) is 0 Å².